The lowest BCUT2D eigenvalue weighted by Crippen LogP contribution is -2.02. The predicted molar refractivity (Wildman–Crippen MR) is 68.3 cm³/mol. The van der Waals surface area contributed by atoms with Gasteiger partial charge in [-0.2, -0.15) is 5.10 Å². The molecule has 0 amide bonds. The Kier molecular flexibility index (Phi) is 3.50. The fourth-order valence-electron chi connectivity index (χ4n) is 1.82. The van der Waals surface area contributed by atoms with Crippen molar-refractivity contribution in [3.05, 3.63) is 41.0 Å². The summed E-state index contributed by atoms with van der Waals surface area (Å²) in [6.45, 7) is 4.40. The van der Waals surface area contributed by atoms with Gasteiger partial charge in [-0.1, -0.05) is 6.07 Å². The van der Waals surface area contributed by atoms with Crippen molar-refractivity contribution in [3.63, 3.8) is 0 Å². The highest BCUT2D eigenvalue weighted by atomic mass is 19.1. The molecular formula is C13H16FN3O. The second-order valence-electron chi connectivity index (χ2n) is 4.13. The van der Waals surface area contributed by atoms with E-state index in [9.17, 15) is 4.39 Å². The monoisotopic (exact) mass is 249 g/mol. The number of aromatic nitrogens is 2. The Hall–Kier alpha value is -2.04. The molecule has 0 unspecified atom stereocenters. The van der Waals surface area contributed by atoms with Gasteiger partial charge in [0.05, 0.1) is 24.2 Å². The van der Waals surface area contributed by atoms with Crippen LogP contribution in [0.4, 0.5) is 10.1 Å². The van der Waals surface area contributed by atoms with Crippen molar-refractivity contribution in [2.75, 3.05) is 12.4 Å². The van der Waals surface area contributed by atoms with Crippen molar-refractivity contribution >= 4 is 5.69 Å². The van der Waals surface area contributed by atoms with Gasteiger partial charge in [-0.05, 0) is 31.5 Å². The predicted octanol–water partition coefficient (Wildman–Crippen LogP) is 2.79. The molecule has 96 valence electrons. The van der Waals surface area contributed by atoms with Crippen LogP contribution in [0, 0.1) is 19.7 Å². The first-order valence-corrected chi connectivity index (χ1v) is 5.69. The second kappa shape index (κ2) is 5.08. The van der Waals surface area contributed by atoms with Crippen molar-refractivity contribution in [2.24, 2.45) is 0 Å². The van der Waals surface area contributed by atoms with Crippen LogP contribution in [0.2, 0.25) is 0 Å². The van der Waals surface area contributed by atoms with Crippen LogP contribution in [-0.4, -0.2) is 17.3 Å². The van der Waals surface area contributed by atoms with E-state index in [4.69, 9.17) is 4.74 Å². The number of H-pyrrole nitrogens is 1. The summed E-state index contributed by atoms with van der Waals surface area (Å²) in [6, 6.07) is 4.93. The van der Waals surface area contributed by atoms with E-state index in [2.05, 4.69) is 15.5 Å². The number of halogens is 1. The summed E-state index contributed by atoms with van der Waals surface area (Å²) in [5.74, 6) is -0.0909. The van der Waals surface area contributed by atoms with Crippen LogP contribution >= 0.6 is 0 Å². The van der Waals surface area contributed by atoms with Gasteiger partial charge in [0.1, 0.15) is 0 Å². The molecule has 0 atom stereocenters. The average molecular weight is 249 g/mol. The number of nitrogens with zero attached hydrogens (tertiary/aromatic N) is 1. The molecule has 0 aliphatic heterocycles. The van der Waals surface area contributed by atoms with Gasteiger partial charge in [-0.3, -0.25) is 5.10 Å². The smallest absolute Gasteiger partial charge is 0.165 e. The summed E-state index contributed by atoms with van der Waals surface area (Å²) >= 11 is 0. The van der Waals surface area contributed by atoms with Gasteiger partial charge in [0.15, 0.2) is 11.6 Å². The van der Waals surface area contributed by atoms with E-state index in [1.807, 2.05) is 19.9 Å². The molecule has 5 heteroatoms. The van der Waals surface area contributed by atoms with Crippen molar-refractivity contribution in [2.45, 2.75) is 20.4 Å². The van der Waals surface area contributed by atoms with Gasteiger partial charge < -0.3 is 10.1 Å². The number of rotatable bonds is 4. The number of aryl methyl sites for hydroxylation is 2. The van der Waals surface area contributed by atoms with Crippen LogP contribution in [-0.2, 0) is 6.54 Å². The van der Waals surface area contributed by atoms with E-state index in [-0.39, 0.29) is 11.6 Å². The molecule has 1 aromatic heterocycles. The largest absolute Gasteiger partial charge is 0.494 e. The number of benzene rings is 1. The zero-order chi connectivity index (χ0) is 13.1. The molecule has 1 aromatic carbocycles. The van der Waals surface area contributed by atoms with E-state index < -0.39 is 0 Å². The SMILES string of the molecule is COc1ccc(CNc2c(C)n[nH]c2C)cc1F. The average Bonchev–Trinajstić information content (AvgIpc) is 2.67. The second-order valence-corrected chi connectivity index (χ2v) is 4.13. The summed E-state index contributed by atoms with van der Waals surface area (Å²) in [5, 5.41) is 10.2. The molecule has 2 N–H and O–H groups in total. The van der Waals surface area contributed by atoms with Crippen molar-refractivity contribution in [3.8, 4) is 5.75 Å². The molecule has 0 radical (unpaired) electrons. The summed E-state index contributed by atoms with van der Waals surface area (Å²) in [4.78, 5) is 0. The highest BCUT2D eigenvalue weighted by Gasteiger charge is 2.07. The molecule has 0 bridgehead atoms. The topological polar surface area (TPSA) is 49.9 Å². The van der Waals surface area contributed by atoms with Gasteiger partial charge in [0.2, 0.25) is 0 Å². The van der Waals surface area contributed by atoms with Gasteiger partial charge in [-0.15, -0.1) is 0 Å². The third kappa shape index (κ3) is 2.45. The Morgan fingerprint density at radius 3 is 2.72 bits per heavy atom. The van der Waals surface area contributed by atoms with Crippen LogP contribution in [0.1, 0.15) is 17.0 Å². The lowest BCUT2D eigenvalue weighted by atomic mass is 10.2. The van der Waals surface area contributed by atoms with Crippen molar-refractivity contribution < 1.29 is 9.13 Å². The lowest BCUT2D eigenvalue weighted by molar-refractivity contribution is 0.386. The minimum absolute atomic E-state index is 0.259. The molecule has 0 spiro atoms. The number of anilines is 1. The first-order chi connectivity index (χ1) is 8.61. The molecule has 1 heterocycles. The molecule has 2 aromatic rings. The molecule has 4 nitrogen and oxygen atoms in total. The maximum atomic E-state index is 13.5. The molecule has 18 heavy (non-hydrogen) atoms. The number of ether oxygens (including phenoxy) is 1. The van der Waals surface area contributed by atoms with Gasteiger partial charge in [-0.25, -0.2) is 4.39 Å². The maximum absolute atomic E-state index is 13.5. The zero-order valence-electron chi connectivity index (χ0n) is 10.7. The minimum atomic E-state index is -0.350. The highest BCUT2D eigenvalue weighted by Crippen LogP contribution is 2.20. The standard InChI is InChI=1S/C13H16FN3O/c1-8-13(9(2)17-16-8)15-7-10-4-5-12(18-3)11(14)6-10/h4-6,15H,7H2,1-3H3,(H,16,17). The third-order valence-corrected chi connectivity index (χ3v) is 2.81. The molecular weight excluding hydrogens is 233 g/mol. The lowest BCUT2D eigenvalue weighted by Gasteiger charge is -2.08. The van der Waals surface area contributed by atoms with Crippen LogP contribution in [0.3, 0.4) is 0 Å². The summed E-state index contributed by atoms with van der Waals surface area (Å²) in [6.07, 6.45) is 0. The summed E-state index contributed by atoms with van der Waals surface area (Å²) in [7, 11) is 1.45. The third-order valence-electron chi connectivity index (χ3n) is 2.81. The number of nitrogens with one attached hydrogen (secondary N) is 2. The molecule has 0 aliphatic carbocycles. The fraction of sp³-hybridized carbons (Fsp3) is 0.308. The normalized spacial score (nSPS) is 10.4. The van der Waals surface area contributed by atoms with E-state index in [1.165, 1.54) is 13.2 Å². The Balaban J connectivity index is 2.09. The van der Waals surface area contributed by atoms with E-state index in [1.54, 1.807) is 6.07 Å². The molecule has 0 saturated heterocycles. The van der Waals surface area contributed by atoms with Gasteiger partial charge in [0, 0.05) is 6.54 Å². The summed E-state index contributed by atoms with van der Waals surface area (Å²) in [5.41, 5.74) is 3.70. The van der Waals surface area contributed by atoms with Crippen LogP contribution in [0.25, 0.3) is 0 Å². The van der Waals surface area contributed by atoms with Crippen LogP contribution in [0.15, 0.2) is 18.2 Å². The first kappa shape index (κ1) is 12.4. The van der Waals surface area contributed by atoms with Crippen molar-refractivity contribution in [1.29, 1.82) is 0 Å². The molecule has 2 rings (SSSR count). The number of methoxy groups -OCH3 is 1. The first-order valence-electron chi connectivity index (χ1n) is 5.69. The molecule has 0 fully saturated rings. The molecule has 0 saturated carbocycles. The number of aromatic amines is 1. The highest BCUT2D eigenvalue weighted by molar-refractivity contribution is 5.51. The van der Waals surface area contributed by atoms with Crippen LogP contribution < -0.4 is 10.1 Å². The Morgan fingerprint density at radius 2 is 2.17 bits per heavy atom. The van der Waals surface area contributed by atoms with Gasteiger partial charge in [0.25, 0.3) is 0 Å². The van der Waals surface area contributed by atoms with E-state index >= 15 is 0 Å². The quantitative estimate of drug-likeness (QED) is 0.876. The fourth-order valence-corrected chi connectivity index (χ4v) is 1.82. The Morgan fingerprint density at radius 1 is 1.39 bits per heavy atom. The van der Waals surface area contributed by atoms with Gasteiger partial charge >= 0.3 is 0 Å². The summed E-state index contributed by atoms with van der Waals surface area (Å²) < 4.78 is 18.4. The van der Waals surface area contributed by atoms with Crippen molar-refractivity contribution in [1.82, 2.24) is 10.2 Å². The van der Waals surface area contributed by atoms with E-state index in [0.29, 0.717) is 6.54 Å². The Bertz CT molecular complexity index is 532. The molecule has 0 aliphatic rings. The number of hydrogen-bond acceptors (Lipinski definition) is 3. The van der Waals surface area contributed by atoms with Crippen LogP contribution in [0.5, 0.6) is 5.75 Å². The Labute approximate surface area is 105 Å². The zero-order valence-corrected chi connectivity index (χ0v) is 10.7. The number of hydrogen-bond donors (Lipinski definition) is 2. The maximum Gasteiger partial charge on any atom is 0.165 e. The minimum Gasteiger partial charge on any atom is -0.494 e. The van der Waals surface area contributed by atoms with E-state index in [0.717, 1.165) is 22.6 Å².